The predicted octanol–water partition coefficient (Wildman–Crippen LogP) is 1.54. The maximum absolute atomic E-state index is 12.8. The summed E-state index contributed by atoms with van der Waals surface area (Å²) in [6, 6.07) is 8.13. The highest BCUT2D eigenvalue weighted by molar-refractivity contribution is 7.92. The summed E-state index contributed by atoms with van der Waals surface area (Å²) in [5, 5.41) is -0.824. The van der Waals surface area contributed by atoms with E-state index in [0.717, 1.165) is 0 Å². The van der Waals surface area contributed by atoms with Crippen LogP contribution in [0, 0.1) is 11.8 Å². The number of fused-ring (bicyclic) bond motifs is 1. The van der Waals surface area contributed by atoms with Crippen LogP contribution in [0.4, 0.5) is 0 Å². The summed E-state index contributed by atoms with van der Waals surface area (Å²) in [5.74, 6) is -1.48. The van der Waals surface area contributed by atoms with Crippen LogP contribution in [-0.4, -0.2) is 32.5 Å². The summed E-state index contributed by atoms with van der Waals surface area (Å²) in [6.45, 7) is 0. The molecule has 0 saturated heterocycles. The highest BCUT2D eigenvalue weighted by atomic mass is 32.2. The number of ketones is 1. The van der Waals surface area contributed by atoms with Gasteiger partial charge in [0.2, 0.25) is 0 Å². The van der Waals surface area contributed by atoms with Gasteiger partial charge in [-0.3, -0.25) is 9.59 Å². The first-order valence-corrected chi connectivity index (χ1v) is 8.61. The third-order valence-corrected chi connectivity index (χ3v) is 6.60. The van der Waals surface area contributed by atoms with E-state index in [1.165, 1.54) is 25.3 Å². The molecule has 3 atom stereocenters. The van der Waals surface area contributed by atoms with Crippen molar-refractivity contribution in [2.45, 2.75) is 23.0 Å². The Bertz CT molecular complexity index is 748. The molecule has 116 valence electrons. The quantitative estimate of drug-likeness (QED) is 0.790. The van der Waals surface area contributed by atoms with Crippen LogP contribution in [0.1, 0.15) is 12.8 Å². The molecule has 3 rings (SSSR count). The Morgan fingerprint density at radius 1 is 1.23 bits per heavy atom. The van der Waals surface area contributed by atoms with Crippen LogP contribution in [0.2, 0.25) is 0 Å². The lowest BCUT2D eigenvalue weighted by atomic mass is 9.94. The minimum absolute atomic E-state index is 0.123. The second kappa shape index (κ2) is 5.35. The fraction of sp³-hybridized carbons (Fsp3) is 0.375. The van der Waals surface area contributed by atoms with Crippen molar-refractivity contribution in [1.29, 1.82) is 0 Å². The SMILES string of the molecule is COC(=O)[C@H]1CC(S(=O)(=O)c2ccccc2)C2=CC(=O)C[C@@H]21. The molecule has 0 aromatic heterocycles. The van der Waals surface area contributed by atoms with Gasteiger partial charge in [-0.05, 0) is 30.2 Å². The Morgan fingerprint density at radius 3 is 2.55 bits per heavy atom. The molecule has 0 spiro atoms. The van der Waals surface area contributed by atoms with Gasteiger partial charge in [-0.25, -0.2) is 8.42 Å². The predicted molar refractivity (Wildman–Crippen MR) is 78.7 cm³/mol. The number of carbonyl (C=O) groups excluding carboxylic acids is 2. The van der Waals surface area contributed by atoms with E-state index in [9.17, 15) is 18.0 Å². The van der Waals surface area contributed by atoms with Crippen molar-refractivity contribution in [1.82, 2.24) is 0 Å². The fourth-order valence-electron chi connectivity index (χ4n) is 3.42. The lowest BCUT2D eigenvalue weighted by Crippen LogP contribution is -2.22. The highest BCUT2D eigenvalue weighted by Crippen LogP contribution is 2.47. The van der Waals surface area contributed by atoms with Crippen LogP contribution >= 0.6 is 0 Å². The summed E-state index contributed by atoms with van der Waals surface area (Å²) >= 11 is 0. The second-order valence-corrected chi connectivity index (χ2v) is 7.76. The number of methoxy groups -OCH3 is 1. The molecule has 1 fully saturated rings. The number of hydrogen-bond donors (Lipinski definition) is 0. The molecule has 0 amide bonds. The molecule has 2 aliphatic carbocycles. The zero-order valence-corrected chi connectivity index (χ0v) is 12.9. The molecule has 1 unspecified atom stereocenters. The van der Waals surface area contributed by atoms with E-state index >= 15 is 0 Å². The second-order valence-electron chi connectivity index (χ2n) is 5.63. The number of carbonyl (C=O) groups is 2. The van der Waals surface area contributed by atoms with Gasteiger partial charge in [-0.1, -0.05) is 18.2 Å². The first-order chi connectivity index (χ1) is 10.4. The van der Waals surface area contributed by atoms with E-state index in [-0.39, 0.29) is 29.4 Å². The van der Waals surface area contributed by atoms with Crippen LogP contribution in [0.3, 0.4) is 0 Å². The lowest BCUT2D eigenvalue weighted by Gasteiger charge is -2.13. The van der Waals surface area contributed by atoms with E-state index in [1.54, 1.807) is 18.2 Å². The smallest absolute Gasteiger partial charge is 0.309 e. The number of sulfone groups is 1. The normalized spacial score (nSPS) is 27.4. The van der Waals surface area contributed by atoms with E-state index in [0.29, 0.717) is 5.57 Å². The fourth-order valence-corrected chi connectivity index (χ4v) is 5.34. The summed E-state index contributed by atoms with van der Waals surface area (Å²) in [6.07, 6.45) is 1.77. The number of allylic oxidation sites excluding steroid dienone is 1. The molecular formula is C16H16O5S. The third kappa shape index (κ3) is 2.27. The Morgan fingerprint density at radius 2 is 1.91 bits per heavy atom. The summed E-state index contributed by atoms with van der Waals surface area (Å²) in [7, 11) is -2.34. The standard InChI is InChI=1S/C16H16O5S/c1-21-16(18)14-9-15(13-8-10(17)7-12(13)14)22(19,20)11-5-3-2-4-6-11/h2-6,8,12,14-15H,7,9H2,1H3/t12-,14-,15?/m0/s1. The number of rotatable bonds is 3. The molecule has 0 heterocycles. The van der Waals surface area contributed by atoms with Gasteiger partial charge in [-0.2, -0.15) is 0 Å². The Balaban J connectivity index is 2.02. The molecule has 0 aliphatic heterocycles. The third-order valence-electron chi connectivity index (χ3n) is 4.45. The topological polar surface area (TPSA) is 77.5 Å². The van der Waals surface area contributed by atoms with Gasteiger partial charge in [0.15, 0.2) is 15.6 Å². The van der Waals surface area contributed by atoms with Gasteiger partial charge < -0.3 is 4.74 Å². The summed E-state index contributed by atoms with van der Waals surface area (Å²) in [4.78, 5) is 23.8. The van der Waals surface area contributed by atoms with Gasteiger partial charge >= 0.3 is 5.97 Å². The molecule has 2 aliphatic rings. The molecular weight excluding hydrogens is 304 g/mol. The number of benzene rings is 1. The van der Waals surface area contributed by atoms with Crippen LogP contribution in [0.15, 0.2) is 46.9 Å². The molecule has 5 nitrogen and oxygen atoms in total. The molecule has 0 radical (unpaired) electrons. The van der Waals surface area contributed by atoms with Crippen LogP contribution in [0.5, 0.6) is 0 Å². The van der Waals surface area contributed by atoms with Gasteiger partial charge in [0.05, 0.1) is 23.2 Å². The van der Waals surface area contributed by atoms with Gasteiger partial charge in [-0.15, -0.1) is 0 Å². The number of esters is 1. The van der Waals surface area contributed by atoms with Crippen LogP contribution in [0.25, 0.3) is 0 Å². The molecule has 1 aromatic rings. The Labute approximate surface area is 128 Å². The van der Waals surface area contributed by atoms with E-state index in [4.69, 9.17) is 4.74 Å². The van der Waals surface area contributed by atoms with Crippen molar-refractivity contribution in [2.24, 2.45) is 11.8 Å². The number of hydrogen-bond acceptors (Lipinski definition) is 5. The lowest BCUT2D eigenvalue weighted by molar-refractivity contribution is -0.146. The van der Waals surface area contributed by atoms with Gasteiger partial charge in [0.1, 0.15) is 0 Å². The minimum Gasteiger partial charge on any atom is -0.469 e. The number of ether oxygens (including phenoxy) is 1. The largest absolute Gasteiger partial charge is 0.469 e. The van der Waals surface area contributed by atoms with Crippen molar-refractivity contribution < 1.29 is 22.7 Å². The molecule has 1 saturated carbocycles. The van der Waals surface area contributed by atoms with Crippen molar-refractivity contribution in [3.05, 3.63) is 42.0 Å². The van der Waals surface area contributed by atoms with Crippen LogP contribution < -0.4 is 0 Å². The molecule has 0 bridgehead atoms. The first-order valence-electron chi connectivity index (χ1n) is 7.06. The van der Waals surface area contributed by atoms with E-state index in [1.807, 2.05) is 0 Å². The molecule has 1 aromatic carbocycles. The molecule has 22 heavy (non-hydrogen) atoms. The maximum atomic E-state index is 12.8. The monoisotopic (exact) mass is 320 g/mol. The van der Waals surface area contributed by atoms with Crippen molar-refractivity contribution in [3.63, 3.8) is 0 Å². The van der Waals surface area contributed by atoms with Gasteiger partial charge in [0.25, 0.3) is 0 Å². The Hall–Kier alpha value is -1.95. The first kappa shape index (κ1) is 15.0. The molecule has 6 heteroatoms. The van der Waals surface area contributed by atoms with E-state index in [2.05, 4.69) is 0 Å². The van der Waals surface area contributed by atoms with Crippen LogP contribution in [-0.2, 0) is 24.2 Å². The zero-order valence-electron chi connectivity index (χ0n) is 12.1. The van der Waals surface area contributed by atoms with E-state index < -0.39 is 27.0 Å². The minimum atomic E-state index is -3.62. The summed E-state index contributed by atoms with van der Waals surface area (Å²) in [5.41, 5.74) is 0.559. The van der Waals surface area contributed by atoms with Gasteiger partial charge in [0, 0.05) is 12.3 Å². The van der Waals surface area contributed by atoms with Crippen molar-refractivity contribution in [3.8, 4) is 0 Å². The zero-order chi connectivity index (χ0) is 15.9. The highest BCUT2D eigenvalue weighted by Gasteiger charge is 2.51. The average molecular weight is 320 g/mol. The maximum Gasteiger partial charge on any atom is 0.309 e. The molecule has 0 N–H and O–H groups in total. The summed E-state index contributed by atoms with van der Waals surface area (Å²) < 4.78 is 30.4. The average Bonchev–Trinajstić information content (AvgIpc) is 3.04. The Kier molecular flexibility index (Phi) is 3.64. The van der Waals surface area contributed by atoms with Crippen molar-refractivity contribution in [2.75, 3.05) is 7.11 Å². The van der Waals surface area contributed by atoms with Crippen molar-refractivity contribution >= 4 is 21.6 Å².